The van der Waals surface area contributed by atoms with Crippen LogP contribution in [0.3, 0.4) is 0 Å². The zero-order chi connectivity index (χ0) is 19.6. The summed E-state index contributed by atoms with van der Waals surface area (Å²) < 4.78 is 0. The van der Waals surface area contributed by atoms with E-state index in [0.29, 0.717) is 17.9 Å². The average molecular weight is 383 g/mol. The van der Waals surface area contributed by atoms with Gasteiger partial charge in [-0.1, -0.05) is 45.0 Å². The highest BCUT2D eigenvalue weighted by atomic mass is 32.2. The van der Waals surface area contributed by atoms with Crippen LogP contribution in [0, 0.1) is 0 Å². The Morgan fingerprint density at radius 3 is 2.48 bits per heavy atom. The predicted molar refractivity (Wildman–Crippen MR) is 113 cm³/mol. The Hall–Kier alpha value is -2.27. The molecule has 1 heterocycles. The highest BCUT2D eigenvalue weighted by Gasteiger charge is 2.29. The predicted octanol–water partition coefficient (Wildman–Crippen LogP) is 4.84. The molecule has 1 aliphatic heterocycles. The number of nitrogens with zero attached hydrogens (tertiary/aromatic N) is 1. The lowest BCUT2D eigenvalue weighted by atomic mass is 9.87. The van der Waals surface area contributed by atoms with E-state index in [4.69, 9.17) is 0 Å². The molecule has 1 aliphatic rings. The number of thioether (sulfide) groups is 1. The molecule has 0 bridgehead atoms. The van der Waals surface area contributed by atoms with Crippen LogP contribution < -0.4 is 10.2 Å². The standard InChI is InChI=1S/C22H26N2O2S/c1-15-13-20(25)23-18-7-5-6-8-19(18)24(15)21(26)14-27-17-11-9-16(10-12-17)22(2,3)4/h5-12,15H,13-14H2,1-4H3,(H,23,25)/t15-/m0/s1. The lowest BCUT2D eigenvalue weighted by Crippen LogP contribution is -2.40. The van der Waals surface area contributed by atoms with Crippen molar-refractivity contribution in [1.82, 2.24) is 0 Å². The number of rotatable bonds is 3. The number of amides is 2. The van der Waals surface area contributed by atoms with Crippen LogP contribution in [0.15, 0.2) is 53.4 Å². The minimum Gasteiger partial charge on any atom is -0.324 e. The quantitative estimate of drug-likeness (QED) is 0.773. The van der Waals surface area contributed by atoms with E-state index in [1.54, 1.807) is 4.90 Å². The summed E-state index contributed by atoms with van der Waals surface area (Å²) in [5.74, 6) is 0.286. The van der Waals surface area contributed by atoms with Crippen LogP contribution in [0.1, 0.15) is 39.7 Å². The normalized spacial score (nSPS) is 17.1. The maximum absolute atomic E-state index is 13.0. The number of carbonyl (C=O) groups excluding carboxylic acids is 2. The van der Waals surface area contributed by atoms with Crippen molar-refractivity contribution in [2.45, 2.75) is 50.5 Å². The summed E-state index contributed by atoms with van der Waals surface area (Å²) in [6, 6.07) is 15.7. The number of anilines is 2. The van der Waals surface area contributed by atoms with E-state index in [1.165, 1.54) is 17.3 Å². The number of para-hydroxylation sites is 2. The number of fused-ring (bicyclic) bond motifs is 1. The summed E-state index contributed by atoms with van der Waals surface area (Å²) >= 11 is 1.53. The Labute approximate surface area is 165 Å². The maximum atomic E-state index is 13.0. The topological polar surface area (TPSA) is 49.4 Å². The molecule has 3 rings (SSSR count). The van der Waals surface area contributed by atoms with Crippen molar-refractivity contribution in [3.05, 3.63) is 54.1 Å². The van der Waals surface area contributed by atoms with Crippen molar-refractivity contribution < 1.29 is 9.59 Å². The number of nitrogens with one attached hydrogen (secondary N) is 1. The number of carbonyl (C=O) groups is 2. The van der Waals surface area contributed by atoms with Gasteiger partial charge in [0.25, 0.3) is 0 Å². The summed E-state index contributed by atoms with van der Waals surface area (Å²) in [5, 5.41) is 2.89. The molecule has 0 unspecified atom stereocenters. The largest absolute Gasteiger partial charge is 0.324 e. The number of hydrogen-bond donors (Lipinski definition) is 1. The monoisotopic (exact) mass is 382 g/mol. The van der Waals surface area contributed by atoms with Gasteiger partial charge in [-0.15, -0.1) is 11.8 Å². The van der Waals surface area contributed by atoms with Crippen LogP contribution in [-0.2, 0) is 15.0 Å². The number of benzene rings is 2. The molecule has 5 heteroatoms. The van der Waals surface area contributed by atoms with E-state index >= 15 is 0 Å². The van der Waals surface area contributed by atoms with Crippen molar-refractivity contribution in [2.75, 3.05) is 16.0 Å². The molecule has 0 aliphatic carbocycles. The van der Waals surface area contributed by atoms with Crippen molar-refractivity contribution >= 4 is 35.0 Å². The zero-order valence-corrected chi connectivity index (χ0v) is 17.1. The van der Waals surface area contributed by atoms with Crippen molar-refractivity contribution in [3.63, 3.8) is 0 Å². The van der Waals surface area contributed by atoms with E-state index in [2.05, 4.69) is 50.4 Å². The molecule has 1 atom stereocenters. The first-order chi connectivity index (χ1) is 12.8. The molecular weight excluding hydrogens is 356 g/mol. The van der Waals surface area contributed by atoms with E-state index in [0.717, 1.165) is 10.6 Å². The van der Waals surface area contributed by atoms with Crippen molar-refractivity contribution in [3.8, 4) is 0 Å². The fourth-order valence-electron chi connectivity index (χ4n) is 3.23. The van der Waals surface area contributed by atoms with Gasteiger partial charge in [0.2, 0.25) is 11.8 Å². The first-order valence-electron chi connectivity index (χ1n) is 9.20. The smallest absolute Gasteiger partial charge is 0.237 e. The molecule has 0 saturated heterocycles. The summed E-state index contributed by atoms with van der Waals surface area (Å²) in [7, 11) is 0. The minimum atomic E-state index is -0.176. The third-order valence-electron chi connectivity index (χ3n) is 4.71. The van der Waals surface area contributed by atoms with Gasteiger partial charge in [0, 0.05) is 17.4 Å². The number of hydrogen-bond acceptors (Lipinski definition) is 3. The van der Waals surface area contributed by atoms with Crippen LogP contribution in [0.5, 0.6) is 0 Å². The summed E-state index contributed by atoms with van der Waals surface area (Å²) in [5.41, 5.74) is 2.85. The van der Waals surface area contributed by atoms with Gasteiger partial charge in [0.1, 0.15) is 0 Å². The first-order valence-corrected chi connectivity index (χ1v) is 10.2. The van der Waals surface area contributed by atoms with Crippen LogP contribution in [-0.4, -0.2) is 23.6 Å². The molecule has 27 heavy (non-hydrogen) atoms. The van der Waals surface area contributed by atoms with E-state index in [9.17, 15) is 9.59 Å². The highest BCUT2D eigenvalue weighted by molar-refractivity contribution is 8.00. The molecule has 142 valence electrons. The first kappa shape index (κ1) is 19.5. The fraction of sp³-hybridized carbons (Fsp3) is 0.364. The SMILES string of the molecule is C[C@H]1CC(=O)Nc2ccccc2N1C(=O)CSc1ccc(C(C)(C)C)cc1. The second-order valence-electron chi connectivity index (χ2n) is 7.95. The fourth-order valence-corrected chi connectivity index (χ4v) is 3.99. The minimum absolute atomic E-state index is 0.0105. The third-order valence-corrected chi connectivity index (χ3v) is 5.71. The van der Waals surface area contributed by atoms with Gasteiger partial charge in [-0.2, -0.15) is 0 Å². The van der Waals surface area contributed by atoms with Gasteiger partial charge in [0.05, 0.1) is 17.1 Å². The molecule has 0 aromatic heterocycles. The maximum Gasteiger partial charge on any atom is 0.237 e. The van der Waals surface area contributed by atoms with Crippen LogP contribution >= 0.6 is 11.8 Å². The molecule has 4 nitrogen and oxygen atoms in total. The molecule has 2 amide bonds. The lowest BCUT2D eigenvalue weighted by Gasteiger charge is -2.27. The van der Waals surface area contributed by atoms with Crippen LogP contribution in [0.2, 0.25) is 0 Å². The summed E-state index contributed by atoms with van der Waals surface area (Å²) in [6.45, 7) is 8.48. The Morgan fingerprint density at radius 1 is 1.15 bits per heavy atom. The summed E-state index contributed by atoms with van der Waals surface area (Å²) in [4.78, 5) is 27.9. The van der Waals surface area contributed by atoms with Gasteiger partial charge in [-0.05, 0) is 42.2 Å². The third kappa shape index (κ3) is 4.53. The van der Waals surface area contributed by atoms with E-state index in [-0.39, 0.29) is 23.3 Å². The average Bonchev–Trinajstić information content (AvgIpc) is 2.73. The van der Waals surface area contributed by atoms with Crippen molar-refractivity contribution in [1.29, 1.82) is 0 Å². The van der Waals surface area contributed by atoms with Crippen LogP contribution in [0.4, 0.5) is 11.4 Å². The Bertz CT molecular complexity index is 840. The molecular formula is C22H26N2O2S. The molecule has 0 radical (unpaired) electrons. The molecule has 2 aromatic rings. The van der Waals surface area contributed by atoms with Crippen molar-refractivity contribution in [2.24, 2.45) is 0 Å². The molecule has 1 N–H and O–H groups in total. The molecule has 0 saturated carbocycles. The van der Waals surface area contributed by atoms with Gasteiger partial charge < -0.3 is 10.2 Å². The van der Waals surface area contributed by atoms with Gasteiger partial charge in [-0.3, -0.25) is 9.59 Å². The zero-order valence-electron chi connectivity index (χ0n) is 16.3. The van der Waals surface area contributed by atoms with E-state index in [1.807, 2.05) is 31.2 Å². The van der Waals surface area contributed by atoms with E-state index < -0.39 is 0 Å². The molecule has 0 fully saturated rings. The lowest BCUT2D eigenvalue weighted by molar-refractivity contribution is -0.117. The Morgan fingerprint density at radius 2 is 1.81 bits per heavy atom. The second-order valence-corrected chi connectivity index (χ2v) is 8.99. The van der Waals surface area contributed by atoms with Crippen LogP contribution in [0.25, 0.3) is 0 Å². The Kier molecular flexibility index (Phi) is 5.61. The van der Waals surface area contributed by atoms with Gasteiger partial charge in [0.15, 0.2) is 0 Å². The Balaban J connectivity index is 1.74. The highest BCUT2D eigenvalue weighted by Crippen LogP contribution is 2.32. The molecule has 0 spiro atoms. The second kappa shape index (κ2) is 7.77. The molecule has 2 aromatic carbocycles. The van der Waals surface area contributed by atoms with Gasteiger partial charge in [-0.25, -0.2) is 0 Å². The van der Waals surface area contributed by atoms with Gasteiger partial charge >= 0.3 is 0 Å². The summed E-state index contributed by atoms with van der Waals surface area (Å²) in [6.07, 6.45) is 0.297.